The van der Waals surface area contributed by atoms with Crippen molar-refractivity contribution >= 4 is 28.8 Å². The molecule has 0 bridgehead atoms. The number of anilines is 1. The molecule has 0 aliphatic carbocycles. The molecular formula is C22H22N4O3S. The standard InChI is InChI=1S/C22H22N4O3S/c27-20-14-18(24-8-10-25(11-9-24)22(28)21-23-7-13-30-21)15-26(20)17-5-3-16(4-6-17)19-2-1-12-29-19/h1-7,12-13,18H,8-11,14-15H2. The first-order chi connectivity index (χ1) is 14.7. The summed E-state index contributed by atoms with van der Waals surface area (Å²) < 4.78 is 5.43. The van der Waals surface area contributed by atoms with Crippen molar-refractivity contribution in [2.75, 3.05) is 37.6 Å². The maximum absolute atomic E-state index is 12.7. The molecule has 3 aromatic rings. The molecule has 8 heteroatoms. The van der Waals surface area contributed by atoms with Gasteiger partial charge in [0.25, 0.3) is 5.91 Å². The summed E-state index contributed by atoms with van der Waals surface area (Å²) in [5, 5.41) is 2.37. The lowest BCUT2D eigenvalue weighted by atomic mass is 10.1. The van der Waals surface area contributed by atoms with Gasteiger partial charge < -0.3 is 14.2 Å². The summed E-state index contributed by atoms with van der Waals surface area (Å²) in [4.78, 5) is 35.3. The third-order valence-electron chi connectivity index (χ3n) is 5.82. The highest BCUT2D eigenvalue weighted by atomic mass is 32.1. The summed E-state index contributed by atoms with van der Waals surface area (Å²) in [5.74, 6) is 0.967. The van der Waals surface area contributed by atoms with E-state index in [4.69, 9.17) is 4.42 Å². The first-order valence-corrected chi connectivity index (χ1v) is 10.9. The molecule has 4 heterocycles. The predicted octanol–water partition coefficient (Wildman–Crippen LogP) is 2.97. The average molecular weight is 423 g/mol. The summed E-state index contributed by atoms with van der Waals surface area (Å²) in [5.41, 5.74) is 1.91. The Balaban J connectivity index is 1.20. The number of carbonyl (C=O) groups excluding carboxylic acids is 2. The normalized spacial score (nSPS) is 20.1. The van der Waals surface area contributed by atoms with E-state index in [0.717, 1.165) is 30.1 Å². The zero-order valence-electron chi connectivity index (χ0n) is 16.4. The number of nitrogens with zero attached hydrogens (tertiary/aromatic N) is 4. The van der Waals surface area contributed by atoms with Crippen LogP contribution in [0.15, 0.2) is 58.7 Å². The molecule has 0 spiro atoms. The molecule has 2 amide bonds. The molecule has 30 heavy (non-hydrogen) atoms. The van der Waals surface area contributed by atoms with E-state index in [1.54, 1.807) is 12.5 Å². The Morgan fingerprint density at radius 3 is 2.57 bits per heavy atom. The van der Waals surface area contributed by atoms with Gasteiger partial charge in [-0.3, -0.25) is 14.5 Å². The van der Waals surface area contributed by atoms with E-state index in [2.05, 4.69) is 9.88 Å². The Hall–Kier alpha value is -2.97. The van der Waals surface area contributed by atoms with Crippen LogP contribution in [0, 0.1) is 0 Å². The van der Waals surface area contributed by atoms with Gasteiger partial charge in [-0.05, 0) is 36.4 Å². The minimum atomic E-state index is 0.00502. The second kappa shape index (κ2) is 8.04. The Kier molecular flexibility index (Phi) is 5.10. The maximum atomic E-state index is 12.7. The van der Waals surface area contributed by atoms with Crippen LogP contribution in [0.5, 0.6) is 0 Å². The highest BCUT2D eigenvalue weighted by Crippen LogP contribution is 2.28. The Morgan fingerprint density at radius 1 is 1.10 bits per heavy atom. The molecule has 1 unspecified atom stereocenters. The quantitative estimate of drug-likeness (QED) is 0.647. The van der Waals surface area contributed by atoms with Crippen LogP contribution in [-0.4, -0.2) is 65.4 Å². The van der Waals surface area contributed by atoms with E-state index < -0.39 is 0 Å². The molecule has 154 valence electrons. The van der Waals surface area contributed by atoms with E-state index >= 15 is 0 Å². The van der Waals surface area contributed by atoms with Crippen LogP contribution in [0.1, 0.15) is 16.2 Å². The fraction of sp³-hybridized carbons (Fsp3) is 0.318. The van der Waals surface area contributed by atoms with E-state index in [1.807, 2.05) is 51.6 Å². The minimum absolute atomic E-state index is 0.00502. The molecule has 5 rings (SSSR count). The van der Waals surface area contributed by atoms with Gasteiger partial charge in [-0.2, -0.15) is 0 Å². The summed E-state index contributed by atoms with van der Waals surface area (Å²) >= 11 is 1.38. The van der Waals surface area contributed by atoms with Crippen molar-refractivity contribution in [2.24, 2.45) is 0 Å². The lowest BCUT2D eigenvalue weighted by molar-refractivity contribution is -0.117. The fourth-order valence-electron chi connectivity index (χ4n) is 4.19. The van der Waals surface area contributed by atoms with Crippen molar-refractivity contribution in [3.63, 3.8) is 0 Å². The number of piperazine rings is 1. The van der Waals surface area contributed by atoms with Gasteiger partial charge in [0.05, 0.1) is 6.26 Å². The highest BCUT2D eigenvalue weighted by Gasteiger charge is 2.36. The summed E-state index contributed by atoms with van der Waals surface area (Å²) in [6.07, 6.45) is 3.83. The predicted molar refractivity (Wildman–Crippen MR) is 114 cm³/mol. The van der Waals surface area contributed by atoms with Crippen molar-refractivity contribution in [3.8, 4) is 11.3 Å². The number of thiazole rings is 1. The number of furan rings is 1. The molecule has 2 fully saturated rings. The molecule has 0 radical (unpaired) electrons. The third-order valence-corrected chi connectivity index (χ3v) is 6.58. The van der Waals surface area contributed by atoms with Gasteiger partial charge in [-0.15, -0.1) is 11.3 Å². The van der Waals surface area contributed by atoms with E-state index in [-0.39, 0.29) is 17.9 Å². The van der Waals surface area contributed by atoms with Gasteiger partial charge in [0, 0.05) is 68.0 Å². The van der Waals surface area contributed by atoms with Crippen LogP contribution >= 0.6 is 11.3 Å². The number of rotatable bonds is 4. The molecule has 0 N–H and O–H groups in total. The number of hydrogen-bond donors (Lipinski definition) is 0. The number of aromatic nitrogens is 1. The fourth-order valence-corrected chi connectivity index (χ4v) is 4.79. The summed E-state index contributed by atoms with van der Waals surface area (Å²) in [6, 6.07) is 11.9. The van der Waals surface area contributed by atoms with Crippen molar-refractivity contribution in [3.05, 3.63) is 59.2 Å². The Labute approximate surface area is 178 Å². The number of carbonyl (C=O) groups is 2. The van der Waals surface area contributed by atoms with Crippen LogP contribution in [0.2, 0.25) is 0 Å². The molecule has 1 atom stereocenters. The monoisotopic (exact) mass is 422 g/mol. The van der Waals surface area contributed by atoms with E-state index in [9.17, 15) is 9.59 Å². The van der Waals surface area contributed by atoms with E-state index in [0.29, 0.717) is 31.1 Å². The van der Waals surface area contributed by atoms with Crippen molar-refractivity contribution in [1.29, 1.82) is 0 Å². The van der Waals surface area contributed by atoms with Gasteiger partial charge in [-0.1, -0.05) is 0 Å². The first kappa shape index (κ1) is 19.0. The van der Waals surface area contributed by atoms with Crippen LogP contribution in [0.25, 0.3) is 11.3 Å². The minimum Gasteiger partial charge on any atom is -0.464 e. The van der Waals surface area contributed by atoms with Crippen LogP contribution in [0.3, 0.4) is 0 Å². The maximum Gasteiger partial charge on any atom is 0.282 e. The largest absolute Gasteiger partial charge is 0.464 e. The summed E-state index contributed by atoms with van der Waals surface area (Å²) in [6.45, 7) is 3.57. The van der Waals surface area contributed by atoms with Crippen LogP contribution in [-0.2, 0) is 4.79 Å². The van der Waals surface area contributed by atoms with Crippen LogP contribution in [0.4, 0.5) is 5.69 Å². The lowest BCUT2D eigenvalue weighted by Crippen LogP contribution is -2.52. The number of hydrogen-bond acceptors (Lipinski definition) is 6. The number of benzene rings is 1. The van der Waals surface area contributed by atoms with E-state index in [1.165, 1.54) is 11.3 Å². The molecule has 2 aromatic heterocycles. The second-order valence-electron chi connectivity index (χ2n) is 7.55. The number of amides is 2. The molecule has 2 aliphatic heterocycles. The molecule has 1 aromatic carbocycles. The zero-order chi connectivity index (χ0) is 20.5. The van der Waals surface area contributed by atoms with Crippen molar-refractivity contribution < 1.29 is 14.0 Å². The zero-order valence-corrected chi connectivity index (χ0v) is 17.3. The summed E-state index contributed by atoms with van der Waals surface area (Å²) in [7, 11) is 0. The Bertz CT molecular complexity index is 1010. The average Bonchev–Trinajstić information content (AvgIpc) is 3.55. The van der Waals surface area contributed by atoms with Gasteiger partial charge in [0.1, 0.15) is 5.76 Å². The SMILES string of the molecule is O=C(c1nccs1)N1CCN(C2CC(=O)N(c3ccc(-c4ccco4)cc3)C2)CC1. The van der Waals surface area contributed by atoms with Gasteiger partial charge in [0.15, 0.2) is 5.01 Å². The van der Waals surface area contributed by atoms with Crippen molar-refractivity contribution in [2.45, 2.75) is 12.5 Å². The smallest absolute Gasteiger partial charge is 0.282 e. The van der Waals surface area contributed by atoms with Crippen LogP contribution < -0.4 is 4.90 Å². The molecule has 2 saturated heterocycles. The molecule has 0 saturated carbocycles. The van der Waals surface area contributed by atoms with Crippen molar-refractivity contribution in [1.82, 2.24) is 14.8 Å². The van der Waals surface area contributed by atoms with Gasteiger partial charge in [-0.25, -0.2) is 4.98 Å². The molecule has 7 nitrogen and oxygen atoms in total. The highest BCUT2D eigenvalue weighted by molar-refractivity contribution is 7.11. The van der Waals surface area contributed by atoms with Gasteiger partial charge >= 0.3 is 0 Å². The first-order valence-electron chi connectivity index (χ1n) is 10.1. The third kappa shape index (κ3) is 3.64. The molecular weight excluding hydrogens is 400 g/mol. The topological polar surface area (TPSA) is 69.9 Å². The Morgan fingerprint density at radius 2 is 1.90 bits per heavy atom. The second-order valence-corrected chi connectivity index (χ2v) is 8.45. The van der Waals surface area contributed by atoms with Gasteiger partial charge in [0.2, 0.25) is 5.91 Å². The molecule has 2 aliphatic rings. The lowest BCUT2D eigenvalue weighted by Gasteiger charge is -2.37.